The second kappa shape index (κ2) is 10.7. The van der Waals surface area contributed by atoms with E-state index in [1.54, 1.807) is 11.8 Å². The Kier molecular flexibility index (Phi) is 7.70. The lowest BCUT2D eigenvalue weighted by atomic mass is 9.97. The standard InChI is InChI=1S/C24H24ClNO6S/c25-17-5-6-20-16(13-17)14-19(18-3-1-2-4-21(18)33-20)31-12-11-26-9-7-15(8-10-26)23(29)32-24(30)22(27)28/h1-6,13,15,19H,7-12,14H2,(H,27,28). The van der Waals surface area contributed by atoms with Crippen LogP contribution < -0.4 is 0 Å². The van der Waals surface area contributed by atoms with Crippen LogP contribution in [0.2, 0.25) is 5.02 Å². The van der Waals surface area contributed by atoms with Crippen LogP contribution in [0.3, 0.4) is 0 Å². The van der Waals surface area contributed by atoms with Gasteiger partial charge in [0.25, 0.3) is 0 Å². The van der Waals surface area contributed by atoms with Gasteiger partial charge in [0.15, 0.2) is 0 Å². The number of carboxylic acid groups (broad SMARTS) is 1. The van der Waals surface area contributed by atoms with E-state index in [9.17, 15) is 14.4 Å². The van der Waals surface area contributed by atoms with Crippen molar-refractivity contribution in [1.82, 2.24) is 4.90 Å². The molecule has 4 rings (SSSR count). The highest BCUT2D eigenvalue weighted by Gasteiger charge is 2.30. The minimum absolute atomic E-state index is 0.0806. The summed E-state index contributed by atoms with van der Waals surface area (Å²) in [5.74, 6) is -4.51. The third-order valence-corrected chi connectivity index (χ3v) is 7.37. The molecule has 0 spiro atoms. The Balaban J connectivity index is 1.31. The molecule has 1 atom stereocenters. The summed E-state index contributed by atoms with van der Waals surface area (Å²) in [7, 11) is 0. The van der Waals surface area contributed by atoms with Crippen LogP contribution in [0.1, 0.15) is 30.1 Å². The van der Waals surface area contributed by atoms with Crippen LogP contribution in [0.25, 0.3) is 0 Å². The maximum absolute atomic E-state index is 12.0. The van der Waals surface area contributed by atoms with Crippen molar-refractivity contribution in [1.29, 1.82) is 0 Å². The van der Waals surface area contributed by atoms with Gasteiger partial charge in [0.1, 0.15) is 0 Å². The van der Waals surface area contributed by atoms with Crippen molar-refractivity contribution in [3.8, 4) is 0 Å². The highest BCUT2D eigenvalue weighted by Crippen LogP contribution is 2.42. The molecule has 2 aromatic carbocycles. The van der Waals surface area contributed by atoms with Gasteiger partial charge in [-0.1, -0.05) is 41.6 Å². The molecule has 1 saturated heterocycles. The number of halogens is 1. The van der Waals surface area contributed by atoms with Crippen LogP contribution in [0, 0.1) is 5.92 Å². The van der Waals surface area contributed by atoms with Crippen molar-refractivity contribution >= 4 is 41.3 Å². The summed E-state index contributed by atoms with van der Waals surface area (Å²) in [4.78, 5) is 38.1. The number of aliphatic carboxylic acids is 1. The van der Waals surface area contributed by atoms with Gasteiger partial charge in [-0.05, 0) is 61.3 Å². The summed E-state index contributed by atoms with van der Waals surface area (Å²) < 4.78 is 10.7. The van der Waals surface area contributed by atoms with Gasteiger partial charge in [0.05, 0.1) is 18.6 Å². The monoisotopic (exact) mass is 489 g/mol. The lowest BCUT2D eigenvalue weighted by Gasteiger charge is -2.31. The molecule has 0 saturated carbocycles. The largest absolute Gasteiger partial charge is 0.473 e. The van der Waals surface area contributed by atoms with Gasteiger partial charge in [0, 0.05) is 27.8 Å². The second-order valence-corrected chi connectivity index (χ2v) is 9.61. The van der Waals surface area contributed by atoms with Crippen molar-refractivity contribution in [3.05, 3.63) is 58.6 Å². The van der Waals surface area contributed by atoms with Crippen LogP contribution in [-0.4, -0.2) is 54.2 Å². The normalized spacial score (nSPS) is 18.6. The predicted molar refractivity (Wildman–Crippen MR) is 122 cm³/mol. The topological polar surface area (TPSA) is 93.1 Å². The SMILES string of the molecule is O=C(O)C(=O)OC(=O)C1CCN(CCOC2Cc3cc(Cl)ccc3Sc3ccccc32)CC1. The van der Waals surface area contributed by atoms with E-state index in [4.69, 9.17) is 21.4 Å². The van der Waals surface area contributed by atoms with Crippen molar-refractivity contribution in [2.75, 3.05) is 26.2 Å². The fourth-order valence-corrected chi connectivity index (χ4v) is 5.46. The van der Waals surface area contributed by atoms with Gasteiger partial charge in [-0.3, -0.25) is 4.79 Å². The van der Waals surface area contributed by atoms with Gasteiger partial charge in [0.2, 0.25) is 0 Å². The number of benzene rings is 2. The Morgan fingerprint density at radius 1 is 1.09 bits per heavy atom. The molecule has 1 unspecified atom stereocenters. The molecule has 9 heteroatoms. The van der Waals surface area contributed by atoms with Gasteiger partial charge in [-0.2, -0.15) is 0 Å². The number of nitrogens with zero attached hydrogens (tertiary/aromatic N) is 1. The summed E-state index contributed by atoms with van der Waals surface area (Å²) in [6.07, 6.45) is 1.69. The highest BCUT2D eigenvalue weighted by molar-refractivity contribution is 7.99. The van der Waals surface area contributed by atoms with E-state index in [0.29, 0.717) is 44.1 Å². The molecule has 0 bridgehead atoms. The lowest BCUT2D eigenvalue weighted by molar-refractivity contribution is -0.173. The molecule has 1 fully saturated rings. The summed E-state index contributed by atoms with van der Waals surface area (Å²) >= 11 is 7.97. The van der Waals surface area contributed by atoms with Crippen LogP contribution in [-0.2, 0) is 30.3 Å². The number of hydrogen-bond donors (Lipinski definition) is 1. The number of fused-ring (bicyclic) bond motifs is 2. The molecular weight excluding hydrogens is 466 g/mol. The first-order chi connectivity index (χ1) is 15.9. The maximum atomic E-state index is 12.0. The number of piperidine rings is 1. The minimum Gasteiger partial charge on any atom is -0.473 e. The Morgan fingerprint density at radius 2 is 1.85 bits per heavy atom. The van der Waals surface area contributed by atoms with Gasteiger partial charge in [-0.15, -0.1) is 0 Å². The smallest absolute Gasteiger partial charge is 0.424 e. The summed E-state index contributed by atoms with van der Waals surface area (Å²) in [6.45, 7) is 2.55. The van der Waals surface area contributed by atoms with E-state index in [1.807, 2.05) is 24.3 Å². The fourth-order valence-electron chi connectivity index (χ4n) is 4.16. The third kappa shape index (κ3) is 5.95. The maximum Gasteiger partial charge on any atom is 0.424 e. The molecule has 2 aromatic rings. The Labute approximate surface area is 201 Å². The molecule has 0 aliphatic carbocycles. The summed E-state index contributed by atoms with van der Waals surface area (Å²) in [5, 5.41) is 9.28. The molecule has 174 valence electrons. The van der Waals surface area contributed by atoms with Gasteiger partial charge >= 0.3 is 17.9 Å². The molecule has 0 radical (unpaired) electrons. The molecule has 2 heterocycles. The average Bonchev–Trinajstić information content (AvgIpc) is 2.95. The zero-order valence-corrected chi connectivity index (χ0v) is 19.4. The highest BCUT2D eigenvalue weighted by atomic mass is 35.5. The first-order valence-electron chi connectivity index (χ1n) is 10.8. The number of ether oxygens (including phenoxy) is 2. The molecular formula is C24H24ClNO6S. The van der Waals surface area contributed by atoms with Crippen LogP contribution >= 0.6 is 23.4 Å². The molecule has 33 heavy (non-hydrogen) atoms. The van der Waals surface area contributed by atoms with Gasteiger partial charge in [-0.25, -0.2) is 9.59 Å². The van der Waals surface area contributed by atoms with E-state index < -0.39 is 23.8 Å². The Morgan fingerprint density at radius 3 is 2.61 bits per heavy atom. The Hall–Kier alpha value is -2.39. The number of carboxylic acids is 1. The van der Waals surface area contributed by atoms with E-state index in [-0.39, 0.29) is 6.10 Å². The Bertz CT molecular complexity index is 1050. The van der Waals surface area contributed by atoms with Gasteiger partial charge < -0.3 is 19.5 Å². The minimum atomic E-state index is -1.76. The summed E-state index contributed by atoms with van der Waals surface area (Å²) in [5.41, 5.74) is 2.34. The average molecular weight is 490 g/mol. The van der Waals surface area contributed by atoms with Crippen LogP contribution in [0.4, 0.5) is 0 Å². The predicted octanol–water partition coefficient (Wildman–Crippen LogP) is 3.97. The van der Waals surface area contributed by atoms with Crippen molar-refractivity contribution in [2.24, 2.45) is 5.92 Å². The van der Waals surface area contributed by atoms with Crippen LogP contribution in [0.15, 0.2) is 52.3 Å². The molecule has 0 amide bonds. The zero-order chi connectivity index (χ0) is 23.4. The molecule has 7 nitrogen and oxygen atoms in total. The molecule has 2 aliphatic rings. The first kappa shape index (κ1) is 23.8. The van der Waals surface area contributed by atoms with E-state index >= 15 is 0 Å². The number of likely N-dealkylation sites (tertiary alicyclic amines) is 1. The van der Waals surface area contributed by atoms with Crippen molar-refractivity contribution in [2.45, 2.75) is 35.2 Å². The second-order valence-electron chi connectivity index (χ2n) is 8.09. The van der Waals surface area contributed by atoms with Crippen molar-refractivity contribution < 1.29 is 29.0 Å². The first-order valence-corrected chi connectivity index (χ1v) is 12.0. The van der Waals surface area contributed by atoms with E-state index in [2.05, 4.69) is 27.8 Å². The number of carbonyl (C=O) groups excluding carboxylic acids is 2. The summed E-state index contributed by atoms with van der Waals surface area (Å²) in [6, 6.07) is 14.2. The van der Waals surface area contributed by atoms with E-state index in [1.165, 1.54) is 20.9 Å². The lowest BCUT2D eigenvalue weighted by Crippen LogP contribution is -2.39. The van der Waals surface area contributed by atoms with E-state index in [0.717, 1.165) is 6.42 Å². The third-order valence-electron chi connectivity index (χ3n) is 5.93. The molecule has 0 aromatic heterocycles. The van der Waals surface area contributed by atoms with Crippen LogP contribution in [0.5, 0.6) is 0 Å². The fraction of sp³-hybridized carbons (Fsp3) is 0.375. The molecule has 2 aliphatic heterocycles. The quantitative estimate of drug-likeness (QED) is 0.383. The number of carbonyl (C=O) groups is 3. The number of esters is 2. The van der Waals surface area contributed by atoms with Crippen molar-refractivity contribution in [3.63, 3.8) is 0 Å². The number of rotatable bonds is 5. The molecule has 1 N–H and O–H groups in total. The number of hydrogen-bond acceptors (Lipinski definition) is 7. The zero-order valence-electron chi connectivity index (χ0n) is 17.9.